The van der Waals surface area contributed by atoms with Crippen molar-refractivity contribution >= 4 is 27.0 Å². The minimum Gasteiger partial charge on any atom is -0.334 e. The van der Waals surface area contributed by atoms with Gasteiger partial charge in [-0.2, -0.15) is 0 Å². The number of halogens is 1. The van der Waals surface area contributed by atoms with Gasteiger partial charge < -0.3 is 4.57 Å². The molecule has 0 atom stereocenters. The largest absolute Gasteiger partial charge is 0.334 e. The van der Waals surface area contributed by atoms with Crippen LogP contribution in [0.1, 0.15) is 16.8 Å². The summed E-state index contributed by atoms with van der Waals surface area (Å²) in [5.41, 5.74) is 4.80. The van der Waals surface area contributed by atoms with E-state index >= 15 is 0 Å². The van der Waals surface area contributed by atoms with Gasteiger partial charge in [-0.15, -0.1) is 0 Å². The molecule has 1 aromatic carbocycles. The molecule has 0 amide bonds. The lowest BCUT2D eigenvalue weighted by Gasteiger charge is -2.06. The van der Waals surface area contributed by atoms with Crippen LogP contribution in [0.2, 0.25) is 0 Å². The van der Waals surface area contributed by atoms with Crippen LogP contribution in [-0.4, -0.2) is 14.5 Å². The minimum absolute atomic E-state index is 0.923. The smallest absolute Gasteiger partial charge is 0.144 e. The first-order valence-electron chi connectivity index (χ1n) is 6.65. The Morgan fingerprint density at radius 3 is 2.75 bits per heavy atom. The number of rotatable bonds is 3. The summed E-state index contributed by atoms with van der Waals surface area (Å²) in [6.07, 6.45) is 5.62. The number of hydrogen-bond donors (Lipinski definition) is 0. The monoisotopic (exact) mass is 329 g/mol. The summed E-state index contributed by atoms with van der Waals surface area (Å²) in [4.78, 5) is 8.83. The lowest BCUT2D eigenvalue weighted by molar-refractivity contribution is 0.898. The molecule has 0 saturated heterocycles. The fourth-order valence-corrected chi connectivity index (χ4v) is 3.27. The maximum absolute atomic E-state index is 4.47. The zero-order valence-electron chi connectivity index (χ0n) is 11.6. The van der Waals surface area contributed by atoms with Gasteiger partial charge in [-0.1, -0.05) is 24.3 Å². The number of nitrogens with zero attached hydrogens (tertiary/aromatic N) is 3. The normalized spacial score (nSPS) is 11.2. The van der Waals surface area contributed by atoms with Crippen molar-refractivity contribution in [2.24, 2.45) is 7.05 Å². The van der Waals surface area contributed by atoms with E-state index in [0.29, 0.717) is 0 Å². The molecule has 2 aromatic heterocycles. The van der Waals surface area contributed by atoms with Crippen LogP contribution < -0.4 is 0 Å². The van der Waals surface area contributed by atoms with E-state index < -0.39 is 0 Å². The van der Waals surface area contributed by atoms with Crippen molar-refractivity contribution in [2.75, 3.05) is 0 Å². The quantitative estimate of drug-likeness (QED) is 0.731. The molecule has 0 spiro atoms. The van der Waals surface area contributed by atoms with E-state index in [4.69, 9.17) is 0 Å². The third kappa shape index (κ3) is 2.36. The van der Waals surface area contributed by atoms with Crippen LogP contribution in [0.25, 0.3) is 11.0 Å². The molecule has 0 bridgehead atoms. The Kier molecular flexibility index (Phi) is 3.57. The van der Waals surface area contributed by atoms with Gasteiger partial charge >= 0.3 is 0 Å². The van der Waals surface area contributed by atoms with Crippen molar-refractivity contribution < 1.29 is 0 Å². The van der Waals surface area contributed by atoms with E-state index in [-0.39, 0.29) is 0 Å². The third-order valence-corrected chi connectivity index (χ3v) is 4.28. The molecule has 0 aliphatic carbocycles. The van der Waals surface area contributed by atoms with Crippen molar-refractivity contribution in [1.82, 2.24) is 14.5 Å². The lowest BCUT2D eigenvalue weighted by atomic mass is 10.0. The van der Waals surface area contributed by atoms with Gasteiger partial charge in [-0.25, -0.2) is 9.97 Å². The Bertz CT molecular complexity index is 762. The van der Waals surface area contributed by atoms with Crippen molar-refractivity contribution in [3.63, 3.8) is 0 Å². The van der Waals surface area contributed by atoms with Crippen LogP contribution in [0.5, 0.6) is 0 Å². The molecular weight excluding hydrogens is 314 g/mol. The average molecular weight is 330 g/mol. The number of benzene rings is 1. The topological polar surface area (TPSA) is 30.7 Å². The number of aromatic nitrogens is 3. The Labute approximate surface area is 126 Å². The molecule has 0 unspecified atom stereocenters. The highest BCUT2D eigenvalue weighted by Gasteiger charge is 2.11. The van der Waals surface area contributed by atoms with E-state index in [2.05, 4.69) is 57.1 Å². The van der Waals surface area contributed by atoms with Gasteiger partial charge in [-0.05, 0) is 46.8 Å². The van der Waals surface area contributed by atoms with Crippen molar-refractivity contribution in [3.8, 4) is 0 Å². The highest BCUT2D eigenvalue weighted by Crippen LogP contribution is 2.27. The predicted octanol–water partition coefficient (Wildman–Crippen LogP) is 3.82. The first kappa shape index (κ1) is 13.3. The molecule has 0 aliphatic rings. The van der Waals surface area contributed by atoms with Gasteiger partial charge in [0.25, 0.3) is 0 Å². The lowest BCUT2D eigenvalue weighted by Crippen LogP contribution is -1.99. The van der Waals surface area contributed by atoms with Crippen LogP contribution in [0, 0.1) is 6.92 Å². The molecule has 20 heavy (non-hydrogen) atoms. The summed E-state index contributed by atoms with van der Waals surface area (Å²) in [6.45, 7) is 2.16. The van der Waals surface area contributed by atoms with Gasteiger partial charge in [0.15, 0.2) is 0 Å². The Morgan fingerprint density at radius 2 is 1.95 bits per heavy atom. The molecule has 0 saturated carbocycles. The molecular formula is C16H16BrN3. The Balaban J connectivity index is 1.94. The van der Waals surface area contributed by atoms with E-state index in [1.54, 1.807) is 6.33 Å². The van der Waals surface area contributed by atoms with Gasteiger partial charge in [0, 0.05) is 17.7 Å². The molecule has 3 rings (SSSR count). The molecule has 4 heteroatoms. The maximum atomic E-state index is 4.47. The van der Waals surface area contributed by atoms with E-state index in [1.807, 2.05) is 17.8 Å². The molecule has 2 heterocycles. The average Bonchev–Trinajstić information content (AvgIpc) is 2.74. The number of hydrogen-bond acceptors (Lipinski definition) is 2. The van der Waals surface area contributed by atoms with Crippen LogP contribution in [-0.2, 0) is 19.9 Å². The molecule has 0 N–H and O–H groups in total. The Hall–Kier alpha value is -1.68. The van der Waals surface area contributed by atoms with Crippen LogP contribution in [0.4, 0.5) is 0 Å². The van der Waals surface area contributed by atoms with Crippen LogP contribution >= 0.6 is 15.9 Å². The van der Waals surface area contributed by atoms with Gasteiger partial charge in [0.2, 0.25) is 0 Å². The number of fused-ring (bicyclic) bond motifs is 1. The molecule has 0 aliphatic heterocycles. The first-order valence-corrected chi connectivity index (χ1v) is 7.45. The molecule has 3 nitrogen and oxygen atoms in total. The summed E-state index contributed by atoms with van der Waals surface area (Å²) in [7, 11) is 2.01. The summed E-state index contributed by atoms with van der Waals surface area (Å²) in [5.74, 6) is 0. The molecule has 0 fully saturated rings. The predicted molar refractivity (Wildman–Crippen MR) is 84.8 cm³/mol. The summed E-state index contributed by atoms with van der Waals surface area (Å²) in [6, 6.07) is 8.52. The second kappa shape index (κ2) is 5.37. The first-order chi connectivity index (χ1) is 9.66. The van der Waals surface area contributed by atoms with Crippen molar-refractivity contribution in [3.05, 3.63) is 58.1 Å². The second-order valence-corrected chi connectivity index (χ2v) is 5.89. The Morgan fingerprint density at radius 1 is 1.15 bits per heavy atom. The standard InChI is InChI=1S/C16H16BrN3/c1-11-5-3-4-6-12(11)7-8-14-15-13(17)9-20(2)16(15)19-10-18-14/h3-6,9-10H,7-8H2,1-2H3. The van der Waals surface area contributed by atoms with Crippen molar-refractivity contribution in [2.45, 2.75) is 19.8 Å². The van der Waals surface area contributed by atoms with Crippen LogP contribution in [0.15, 0.2) is 41.3 Å². The molecule has 102 valence electrons. The zero-order valence-corrected chi connectivity index (χ0v) is 13.2. The van der Waals surface area contributed by atoms with Gasteiger partial charge in [-0.3, -0.25) is 0 Å². The van der Waals surface area contributed by atoms with E-state index in [0.717, 1.165) is 34.0 Å². The van der Waals surface area contributed by atoms with E-state index in [9.17, 15) is 0 Å². The highest BCUT2D eigenvalue weighted by molar-refractivity contribution is 9.10. The van der Waals surface area contributed by atoms with Crippen LogP contribution in [0.3, 0.4) is 0 Å². The SMILES string of the molecule is Cc1ccccc1CCc1ncnc2c1c(Br)cn2C. The fourth-order valence-electron chi connectivity index (χ4n) is 2.55. The summed E-state index contributed by atoms with van der Waals surface area (Å²) >= 11 is 3.61. The van der Waals surface area contributed by atoms with Gasteiger partial charge in [0.1, 0.15) is 12.0 Å². The third-order valence-electron chi connectivity index (χ3n) is 3.68. The van der Waals surface area contributed by atoms with E-state index in [1.165, 1.54) is 11.1 Å². The summed E-state index contributed by atoms with van der Waals surface area (Å²) < 4.78 is 3.09. The molecule has 3 aromatic rings. The molecule has 0 radical (unpaired) electrons. The highest BCUT2D eigenvalue weighted by atomic mass is 79.9. The second-order valence-electron chi connectivity index (χ2n) is 5.03. The zero-order chi connectivity index (χ0) is 14.1. The van der Waals surface area contributed by atoms with Gasteiger partial charge in [0.05, 0.1) is 11.1 Å². The summed E-state index contributed by atoms with van der Waals surface area (Å²) in [5, 5.41) is 1.13. The number of aryl methyl sites for hydroxylation is 4. The fraction of sp³-hybridized carbons (Fsp3) is 0.250. The van der Waals surface area contributed by atoms with Crippen molar-refractivity contribution in [1.29, 1.82) is 0 Å². The maximum Gasteiger partial charge on any atom is 0.144 e. The minimum atomic E-state index is 0.923.